The van der Waals surface area contributed by atoms with Gasteiger partial charge in [-0.2, -0.15) is 4.98 Å². The summed E-state index contributed by atoms with van der Waals surface area (Å²) in [5, 5.41) is 0. The van der Waals surface area contributed by atoms with Gasteiger partial charge in [-0.3, -0.25) is 4.40 Å². The number of anilines is 1. The minimum Gasteiger partial charge on any atom is -0.471 e. The number of aromatic nitrogens is 3. The van der Waals surface area contributed by atoms with Crippen molar-refractivity contribution in [1.82, 2.24) is 14.4 Å². The van der Waals surface area contributed by atoms with Gasteiger partial charge in [0.05, 0.1) is 6.20 Å². The number of fused-ring (bicyclic) bond motifs is 1. The third-order valence-electron chi connectivity index (χ3n) is 1.83. The number of nitrogens with one attached hydrogen (secondary N) is 1. The van der Waals surface area contributed by atoms with Crippen molar-refractivity contribution in [3.63, 3.8) is 0 Å². The van der Waals surface area contributed by atoms with Crippen molar-refractivity contribution in [2.24, 2.45) is 5.84 Å². The maximum absolute atomic E-state index is 5.36. The van der Waals surface area contributed by atoms with Gasteiger partial charge in [-0.15, -0.1) is 0 Å². The minimum atomic E-state index is 0.379. The minimum absolute atomic E-state index is 0.379. The van der Waals surface area contributed by atoms with E-state index in [1.807, 2.05) is 0 Å². The average molecular weight is 205 g/mol. The molecule has 15 heavy (non-hydrogen) atoms. The summed E-state index contributed by atoms with van der Waals surface area (Å²) < 4.78 is 7.14. The topological polar surface area (TPSA) is 77.5 Å². The van der Waals surface area contributed by atoms with Crippen LogP contribution in [0.1, 0.15) is 0 Å². The second kappa shape index (κ2) is 3.97. The summed E-state index contributed by atoms with van der Waals surface area (Å²) in [7, 11) is 0. The third kappa shape index (κ3) is 1.75. The summed E-state index contributed by atoms with van der Waals surface area (Å²) in [6.45, 7) is 3.94. The molecule has 2 rings (SSSR count). The van der Waals surface area contributed by atoms with Crippen LogP contribution in [0.3, 0.4) is 0 Å². The fourth-order valence-electron chi connectivity index (χ4n) is 1.21. The van der Waals surface area contributed by atoms with Gasteiger partial charge >= 0.3 is 0 Å². The summed E-state index contributed by atoms with van der Waals surface area (Å²) in [5.41, 5.74) is 3.11. The highest BCUT2D eigenvalue weighted by Crippen LogP contribution is 2.17. The van der Waals surface area contributed by atoms with Crippen molar-refractivity contribution in [1.29, 1.82) is 0 Å². The Morgan fingerprint density at radius 3 is 3.27 bits per heavy atom. The fourth-order valence-corrected chi connectivity index (χ4v) is 1.21. The van der Waals surface area contributed by atoms with Crippen LogP contribution in [0.2, 0.25) is 0 Å². The standard InChI is InChI=1S/C9H11N5O/c1-2-5-15-9-8-11-3-4-14(8)6-7(12-9)13-10/h2-4,6,13H,1,5,10H2. The Hall–Kier alpha value is -2.08. The number of hydrogen-bond acceptors (Lipinski definition) is 5. The van der Waals surface area contributed by atoms with Crippen molar-refractivity contribution in [3.05, 3.63) is 31.2 Å². The van der Waals surface area contributed by atoms with E-state index in [0.717, 1.165) is 0 Å². The Morgan fingerprint density at radius 2 is 2.53 bits per heavy atom. The molecule has 0 unspecified atom stereocenters. The molecule has 0 saturated heterocycles. The predicted octanol–water partition coefficient (Wildman–Crippen LogP) is 0.580. The quantitative estimate of drug-likeness (QED) is 0.433. The van der Waals surface area contributed by atoms with Gasteiger partial charge in [-0.1, -0.05) is 12.7 Å². The largest absolute Gasteiger partial charge is 0.471 e. The first-order valence-corrected chi connectivity index (χ1v) is 4.39. The zero-order chi connectivity index (χ0) is 10.7. The number of hydrogen-bond donors (Lipinski definition) is 2. The molecule has 0 amide bonds. The number of nitrogens with two attached hydrogens (primary N) is 1. The van der Waals surface area contributed by atoms with Crippen molar-refractivity contribution >= 4 is 11.5 Å². The van der Waals surface area contributed by atoms with E-state index < -0.39 is 0 Å². The second-order valence-corrected chi connectivity index (χ2v) is 2.83. The number of ether oxygens (including phenoxy) is 1. The highest BCUT2D eigenvalue weighted by atomic mass is 16.5. The Bertz CT molecular complexity index is 478. The normalized spacial score (nSPS) is 10.2. The zero-order valence-corrected chi connectivity index (χ0v) is 8.05. The van der Waals surface area contributed by atoms with Crippen LogP contribution in [0, 0.1) is 0 Å². The molecule has 0 atom stereocenters. The summed E-state index contributed by atoms with van der Waals surface area (Å²) >= 11 is 0. The lowest BCUT2D eigenvalue weighted by molar-refractivity contribution is 0.351. The van der Waals surface area contributed by atoms with E-state index in [2.05, 4.69) is 22.0 Å². The Kier molecular flexibility index (Phi) is 2.51. The number of rotatable bonds is 4. The van der Waals surface area contributed by atoms with E-state index >= 15 is 0 Å². The molecule has 78 valence electrons. The lowest BCUT2D eigenvalue weighted by Crippen LogP contribution is -2.10. The summed E-state index contributed by atoms with van der Waals surface area (Å²) in [6.07, 6.45) is 6.82. The molecule has 0 bridgehead atoms. The van der Waals surface area contributed by atoms with E-state index in [0.29, 0.717) is 24.0 Å². The van der Waals surface area contributed by atoms with Gasteiger partial charge in [0.15, 0.2) is 5.82 Å². The van der Waals surface area contributed by atoms with E-state index in [1.165, 1.54) is 0 Å². The molecule has 0 aliphatic carbocycles. The molecule has 2 aromatic heterocycles. The molecule has 2 aromatic rings. The monoisotopic (exact) mass is 205 g/mol. The Balaban J connectivity index is 2.48. The van der Waals surface area contributed by atoms with Gasteiger partial charge in [0.25, 0.3) is 5.88 Å². The molecule has 0 saturated carbocycles. The van der Waals surface area contributed by atoms with Gasteiger partial charge < -0.3 is 10.2 Å². The molecule has 3 N–H and O–H groups in total. The van der Waals surface area contributed by atoms with Crippen molar-refractivity contribution < 1.29 is 4.74 Å². The van der Waals surface area contributed by atoms with Crippen LogP contribution in [0.25, 0.3) is 5.65 Å². The lowest BCUT2D eigenvalue weighted by Gasteiger charge is -2.06. The molecule has 0 aliphatic rings. The maximum Gasteiger partial charge on any atom is 0.260 e. The first-order valence-electron chi connectivity index (χ1n) is 4.39. The summed E-state index contributed by atoms with van der Waals surface area (Å²) in [4.78, 5) is 8.26. The van der Waals surface area contributed by atoms with E-state index in [9.17, 15) is 0 Å². The zero-order valence-electron chi connectivity index (χ0n) is 8.05. The molecular formula is C9H11N5O. The lowest BCUT2D eigenvalue weighted by atomic mass is 10.6. The van der Waals surface area contributed by atoms with Crippen LogP contribution < -0.4 is 16.0 Å². The Morgan fingerprint density at radius 1 is 1.67 bits per heavy atom. The highest BCUT2D eigenvalue weighted by Gasteiger charge is 2.07. The van der Waals surface area contributed by atoms with Crippen molar-refractivity contribution in [3.8, 4) is 5.88 Å². The van der Waals surface area contributed by atoms with E-state index in [-0.39, 0.29) is 0 Å². The molecule has 0 aliphatic heterocycles. The fraction of sp³-hybridized carbons (Fsp3) is 0.111. The molecule has 2 heterocycles. The maximum atomic E-state index is 5.36. The van der Waals surface area contributed by atoms with Crippen LogP contribution in [-0.4, -0.2) is 21.0 Å². The van der Waals surface area contributed by atoms with Crippen LogP contribution >= 0.6 is 0 Å². The highest BCUT2D eigenvalue weighted by molar-refractivity contribution is 5.53. The Labute approximate surface area is 86.4 Å². The molecule has 0 aromatic carbocycles. The van der Waals surface area contributed by atoms with E-state index in [4.69, 9.17) is 10.6 Å². The average Bonchev–Trinajstić information content (AvgIpc) is 2.73. The molecule has 6 heteroatoms. The molecular weight excluding hydrogens is 194 g/mol. The second-order valence-electron chi connectivity index (χ2n) is 2.83. The molecule has 0 fully saturated rings. The number of nitrogen functional groups attached to an aromatic ring is 1. The van der Waals surface area contributed by atoms with E-state index in [1.54, 1.807) is 29.1 Å². The van der Waals surface area contributed by atoms with Crippen LogP contribution in [0.15, 0.2) is 31.2 Å². The van der Waals surface area contributed by atoms with Crippen LogP contribution in [0.5, 0.6) is 5.88 Å². The van der Waals surface area contributed by atoms with Crippen LogP contribution in [-0.2, 0) is 0 Å². The first-order chi connectivity index (χ1) is 7.35. The van der Waals surface area contributed by atoms with Crippen molar-refractivity contribution in [2.45, 2.75) is 0 Å². The number of imidazole rings is 1. The summed E-state index contributed by atoms with van der Waals surface area (Å²) in [5.74, 6) is 6.22. The van der Waals surface area contributed by atoms with Gasteiger partial charge in [-0.25, -0.2) is 10.8 Å². The molecule has 0 radical (unpaired) electrons. The number of nitrogens with zero attached hydrogens (tertiary/aromatic N) is 3. The van der Waals surface area contributed by atoms with Gasteiger partial charge in [0.1, 0.15) is 6.61 Å². The molecule has 6 nitrogen and oxygen atoms in total. The molecule has 0 spiro atoms. The predicted molar refractivity (Wildman–Crippen MR) is 56.5 cm³/mol. The third-order valence-corrected chi connectivity index (χ3v) is 1.83. The van der Waals surface area contributed by atoms with Crippen LogP contribution in [0.4, 0.5) is 5.82 Å². The smallest absolute Gasteiger partial charge is 0.260 e. The van der Waals surface area contributed by atoms with Gasteiger partial charge in [0.2, 0.25) is 5.65 Å². The first kappa shape index (κ1) is 9.47. The summed E-state index contributed by atoms with van der Waals surface area (Å²) in [6, 6.07) is 0. The SMILES string of the molecule is C=CCOc1nc(NN)cn2ccnc12. The number of hydrazine groups is 1. The van der Waals surface area contributed by atoms with Gasteiger partial charge in [0, 0.05) is 12.4 Å². The van der Waals surface area contributed by atoms with Gasteiger partial charge in [-0.05, 0) is 0 Å². The van der Waals surface area contributed by atoms with Crippen molar-refractivity contribution in [2.75, 3.05) is 12.0 Å².